The zero-order chi connectivity index (χ0) is 66.2. The topological polar surface area (TPSA) is 270 Å². The maximum atomic E-state index is 14.7. The number of ether oxygens (including phenoxy) is 2. The molecular weight excluding hydrogens is 1180 g/mol. The normalized spacial score (nSPS) is 17.1. The van der Waals surface area contributed by atoms with Crippen LogP contribution in [0.3, 0.4) is 0 Å². The van der Waals surface area contributed by atoms with Gasteiger partial charge in [-0.2, -0.15) is 0 Å². The van der Waals surface area contributed by atoms with Crippen molar-refractivity contribution in [2.75, 3.05) is 50.1 Å². The average Bonchev–Trinajstić information content (AvgIpc) is 0.798. The van der Waals surface area contributed by atoms with E-state index in [1.54, 1.807) is 116 Å². The molecule has 8 rings (SSSR count). The second-order valence-electron chi connectivity index (χ2n) is 24.6. The summed E-state index contributed by atoms with van der Waals surface area (Å²) < 4.78 is 11.7. The number of aromatic nitrogens is 2. The van der Waals surface area contributed by atoms with Crippen molar-refractivity contribution in [3.63, 3.8) is 0 Å². The molecule has 2 N–H and O–H groups in total. The van der Waals surface area contributed by atoms with Crippen molar-refractivity contribution in [1.29, 1.82) is 0 Å². The lowest BCUT2D eigenvalue weighted by atomic mass is 9.89. The highest BCUT2D eigenvalue weighted by Gasteiger charge is 2.47. The van der Waals surface area contributed by atoms with Crippen molar-refractivity contribution in [2.24, 2.45) is 0 Å². The SMILES string of the molecule is CC(C)c1ccccc1-c1c(C=CC(=O)N2CCNC(C(=O)N(C)c3ccncc3)C2C(=O)OC(C)(C)C)ccc(Sc2ccc(C=CC(=O)N3CCNC(C(=O)N(C)c4ccncc4)C3C(=O)OC(C)(C)C)c(-c3ccccc3C(C)C)c2[N+](=O)[O-])c1[N+](=O)[O-]. The van der Waals surface area contributed by atoms with Gasteiger partial charge in [0.1, 0.15) is 23.3 Å². The van der Waals surface area contributed by atoms with Gasteiger partial charge >= 0.3 is 11.9 Å². The van der Waals surface area contributed by atoms with Gasteiger partial charge in [-0.05, 0) is 135 Å². The average molecular weight is 1260 g/mol. The van der Waals surface area contributed by atoms with Crippen LogP contribution in [0.15, 0.2) is 144 Å². The third kappa shape index (κ3) is 15.6. The first-order valence-electron chi connectivity index (χ1n) is 29.8. The number of nitro benzene ring substituents is 2. The molecule has 4 atom stereocenters. The third-order valence-corrected chi connectivity index (χ3v) is 16.4. The second kappa shape index (κ2) is 28.6. The Kier molecular flexibility index (Phi) is 21.2. The van der Waals surface area contributed by atoms with Crippen molar-refractivity contribution in [3.8, 4) is 22.3 Å². The Morgan fingerprint density at radius 1 is 0.571 bits per heavy atom. The molecule has 2 saturated heterocycles. The van der Waals surface area contributed by atoms with E-state index in [2.05, 4.69) is 20.6 Å². The summed E-state index contributed by atoms with van der Waals surface area (Å²) in [7, 11) is 3.09. The fourth-order valence-corrected chi connectivity index (χ4v) is 12.2. The van der Waals surface area contributed by atoms with Gasteiger partial charge in [-0.1, -0.05) is 100 Å². The van der Waals surface area contributed by atoms with Crippen LogP contribution in [-0.4, -0.2) is 141 Å². The lowest BCUT2D eigenvalue weighted by molar-refractivity contribution is -0.387. The summed E-state index contributed by atoms with van der Waals surface area (Å²) in [5.41, 5.74) is 1.19. The number of pyridine rings is 2. The zero-order valence-corrected chi connectivity index (χ0v) is 53.9. The number of benzene rings is 4. The Balaban J connectivity index is 1.23. The molecule has 4 heterocycles. The lowest BCUT2D eigenvalue weighted by Crippen LogP contribution is -2.67. The first kappa shape index (κ1) is 67.5. The van der Waals surface area contributed by atoms with Crippen molar-refractivity contribution in [3.05, 3.63) is 176 Å². The number of hydrogen-bond acceptors (Lipinski definition) is 17. The Morgan fingerprint density at radius 2 is 0.923 bits per heavy atom. The number of hydrogen-bond donors (Lipinski definition) is 2. The Labute approximate surface area is 533 Å². The second-order valence-corrected chi connectivity index (χ2v) is 25.7. The van der Waals surface area contributed by atoms with E-state index in [1.165, 1.54) is 80.8 Å². The van der Waals surface area contributed by atoms with E-state index in [1.807, 2.05) is 52.0 Å². The maximum absolute atomic E-state index is 14.7. The molecule has 23 heteroatoms. The minimum absolute atomic E-state index is 0.0126. The van der Waals surface area contributed by atoms with Gasteiger partial charge in [0.05, 0.1) is 30.8 Å². The molecule has 91 heavy (non-hydrogen) atoms. The highest BCUT2D eigenvalue weighted by Crippen LogP contribution is 2.50. The van der Waals surface area contributed by atoms with Gasteiger partial charge < -0.3 is 39.7 Å². The van der Waals surface area contributed by atoms with Crippen LogP contribution in [-0.2, 0) is 38.2 Å². The van der Waals surface area contributed by atoms with E-state index >= 15 is 0 Å². The number of nitrogens with one attached hydrogen (secondary N) is 2. The monoisotopic (exact) mass is 1260 g/mol. The van der Waals surface area contributed by atoms with Crippen LogP contribution in [0.1, 0.15) is 103 Å². The molecule has 0 saturated carbocycles. The molecule has 2 aliphatic heterocycles. The van der Waals surface area contributed by atoms with Crippen LogP contribution < -0.4 is 20.4 Å². The van der Waals surface area contributed by atoms with Crippen molar-refractivity contribution < 1.29 is 48.1 Å². The molecule has 22 nitrogen and oxygen atoms in total. The number of nitro groups is 2. The van der Waals surface area contributed by atoms with Crippen LogP contribution in [0.4, 0.5) is 22.7 Å². The van der Waals surface area contributed by atoms with E-state index in [9.17, 15) is 49.0 Å². The molecule has 2 aliphatic rings. The number of esters is 2. The molecule has 476 valence electrons. The van der Waals surface area contributed by atoms with Crippen molar-refractivity contribution >= 4 is 82.2 Å². The molecule has 4 unspecified atom stereocenters. The fraction of sp³-hybridized carbons (Fsp3) is 0.353. The maximum Gasteiger partial charge on any atom is 0.331 e. The van der Waals surface area contributed by atoms with Crippen LogP contribution in [0.2, 0.25) is 0 Å². The summed E-state index contributed by atoms with van der Waals surface area (Å²) in [6, 6.07) is 21.5. The number of amides is 4. The summed E-state index contributed by atoms with van der Waals surface area (Å²) in [4.78, 5) is 126. The Morgan fingerprint density at radius 3 is 1.25 bits per heavy atom. The molecule has 4 amide bonds. The number of carbonyl (C=O) groups is 6. The molecule has 4 aromatic carbocycles. The predicted octanol–water partition coefficient (Wildman–Crippen LogP) is 10.4. The van der Waals surface area contributed by atoms with Gasteiger partial charge in [-0.25, -0.2) is 9.59 Å². The van der Waals surface area contributed by atoms with E-state index in [4.69, 9.17) is 9.47 Å². The van der Waals surface area contributed by atoms with Crippen LogP contribution in [0.25, 0.3) is 34.4 Å². The molecule has 0 aliphatic carbocycles. The van der Waals surface area contributed by atoms with E-state index in [0.29, 0.717) is 22.5 Å². The molecule has 2 fully saturated rings. The fourth-order valence-electron chi connectivity index (χ4n) is 11.2. The zero-order valence-electron chi connectivity index (χ0n) is 53.0. The highest BCUT2D eigenvalue weighted by molar-refractivity contribution is 7.99. The van der Waals surface area contributed by atoms with Gasteiger partial charge in [-0.3, -0.25) is 49.4 Å². The standard InChI is InChI=1S/C68H76N10O12S/c1-41(2)47-17-13-15-19-49(47)55-43(23-27-53(79)75-39-37-71-57(61(75)65(83)89-67(5,6)7)63(81)73(11)45-29-33-69-34-30-45)21-25-51(59(55)77(85)86)91-52-26-22-44(56(60(52)78(87)88)50-20-16-14-18-48(50)42(3)4)24-28-54(80)76-40-38-72-58(62(76)66(84)90-68(8,9)10)64(82)74(12)46-31-35-70-36-32-46/h13-36,41-42,57-58,61-62,71-72H,37-40H2,1-12H3. The van der Waals surface area contributed by atoms with Gasteiger partial charge in [0.15, 0.2) is 12.1 Å². The van der Waals surface area contributed by atoms with E-state index in [0.717, 1.165) is 22.9 Å². The van der Waals surface area contributed by atoms with Crippen LogP contribution in [0.5, 0.6) is 0 Å². The van der Waals surface area contributed by atoms with Gasteiger partial charge in [0.25, 0.3) is 11.4 Å². The number of piperazine rings is 2. The number of rotatable bonds is 18. The molecule has 0 bridgehead atoms. The minimum Gasteiger partial charge on any atom is -0.458 e. The first-order valence-corrected chi connectivity index (χ1v) is 30.6. The molecule has 6 aromatic rings. The molecular formula is C68H76N10O12S. The quantitative estimate of drug-likeness (QED) is 0.0350. The number of anilines is 2. The summed E-state index contributed by atoms with van der Waals surface area (Å²) >= 11 is 0.801. The smallest absolute Gasteiger partial charge is 0.331 e. The Hall–Kier alpha value is -9.45. The van der Waals surface area contributed by atoms with E-state index in [-0.39, 0.29) is 70.1 Å². The predicted molar refractivity (Wildman–Crippen MR) is 349 cm³/mol. The summed E-state index contributed by atoms with van der Waals surface area (Å²) in [6.45, 7) is 18.0. The number of nitrogens with zero attached hydrogens (tertiary/aromatic N) is 8. The van der Waals surface area contributed by atoms with Crippen LogP contribution >= 0.6 is 11.8 Å². The summed E-state index contributed by atoms with van der Waals surface area (Å²) in [5, 5.41) is 34.1. The number of carbonyl (C=O) groups excluding carboxylic acids is 6. The lowest BCUT2D eigenvalue weighted by Gasteiger charge is -2.41. The summed E-state index contributed by atoms with van der Waals surface area (Å²) in [5.74, 6) is -4.41. The Bertz CT molecular complexity index is 3560. The number of likely N-dealkylation sites (N-methyl/N-ethyl adjacent to an activating group) is 2. The largest absolute Gasteiger partial charge is 0.458 e. The van der Waals surface area contributed by atoms with Gasteiger partial charge in [0.2, 0.25) is 23.6 Å². The van der Waals surface area contributed by atoms with E-state index < -0.39 is 92.2 Å². The van der Waals surface area contributed by atoms with Crippen molar-refractivity contribution in [2.45, 2.75) is 126 Å². The molecule has 0 radical (unpaired) electrons. The van der Waals surface area contributed by atoms with Crippen LogP contribution in [0, 0.1) is 20.2 Å². The molecule has 2 aromatic heterocycles. The third-order valence-electron chi connectivity index (χ3n) is 15.3. The summed E-state index contributed by atoms with van der Waals surface area (Å²) in [6.07, 6.45) is 11.3. The van der Waals surface area contributed by atoms with Gasteiger partial charge in [0, 0.05) is 88.6 Å². The first-order chi connectivity index (χ1) is 43.1. The van der Waals surface area contributed by atoms with Gasteiger partial charge in [-0.15, -0.1) is 0 Å². The highest BCUT2D eigenvalue weighted by atomic mass is 32.2. The van der Waals surface area contributed by atoms with Crippen molar-refractivity contribution in [1.82, 2.24) is 30.4 Å². The molecule has 0 spiro atoms. The minimum atomic E-state index is -1.44.